The molecule has 0 spiro atoms. The third kappa shape index (κ3) is 1.47. The molecule has 1 heterocycles. The fourth-order valence-electron chi connectivity index (χ4n) is 3.69. The summed E-state index contributed by atoms with van der Waals surface area (Å²) in [6.07, 6.45) is 5.61. The summed E-state index contributed by atoms with van der Waals surface area (Å²) in [7, 11) is 0.0558. The minimum Gasteiger partial charge on any atom is -0.403 e. The van der Waals surface area contributed by atoms with E-state index in [9.17, 15) is 0 Å². The lowest BCUT2D eigenvalue weighted by Gasteiger charge is -2.32. The molecule has 0 aromatic rings. The Labute approximate surface area is 99.2 Å². The molecular formula is C13H23BO2. The summed E-state index contributed by atoms with van der Waals surface area (Å²) in [5, 5.41) is 0. The van der Waals surface area contributed by atoms with Gasteiger partial charge in [0.25, 0.3) is 0 Å². The van der Waals surface area contributed by atoms with Crippen molar-refractivity contribution < 1.29 is 9.31 Å². The van der Waals surface area contributed by atoms with E-state index in [4.69, 9.17) is 9.31 Å². The maximum absolute atomic E-state index is 6.18. The zero-order chi connectivity index (χ0) is 11.6. The molecule has 1 unspecified atom stereocenters. The first-order valence-electron chi connectivity index (χ1n) is 6.75. The molecule has 3 fully saturated rings. The molecular weight excluding hydrogens is 199 g/mol. The van der Waals surface area contributed by atoms with Crippen LogP contribution >= 0.6 is 0 Å². The second-order valence-corrected chi connectivity index (χ2v) is 6.96. The average Bonchev–Trinajstić information content (AvgIpc) is 2.79. The van der Waals surface area contributed by atoms with Gasteiger partial charge in [0.1, 0.15) is 0 Å². The van der Waals surface area contributed by atoms with Gasteiger partial charge in [0.15, 0.2) is 0 Å². The van der Waals surface area contributed by atoms with Crippen molar-refractivity contribution in [3.05, 3.63) is 0 Å². The maximum atomic E-state index is 6.18. The van der Waals surface area contributed by atoms with Gasteiger partial charge in [0.05, 0.1) is 11.2 Å². The third-order valence-corrected chi connectivity index (χ3v) is 5.41. The normalized spacial score (nSPS) is 44.2. The van der Waals surface area contributed by atoms with Crippen LogP contribution in [0.15, 0.2) is 0 Å². The first-order chi connectivity index (χ1) is 7.39. The lowest BCUT2D eigenvalue weighted by Crippen LogP contribution is -2.41. The van der Waals surface area contributed by atoms with Crippen LogP contribution in [0.3, 0.4) is 0 Å². The Morgan fingerprint density at radius 2 is 1.56 bits per heavy atom. The molecule has 2 nitrogen and oxygen atoms in total. The zero-order valence-corrected chi connectivity index (χ0v) is 11.0. The minimum atomic E-state index is -0.153. The second-order valence-electron chi connectivity index (χ2n) is 6.96. The van der Waals surface area contributed by atoms with Crippen molar-refractivity contribution in [2.45, 2.75) is 70.4 Å². The van der Waals surface area contributed by atoms with Gasteiger partial charge in [-0.2, -0.15) is 0 Å². The van der Waals surface area contributed by atoms with Gasteiger partial charge in [-0.15, -0.1) is 0 Å². The molecule has 3 rings (SSSR count). The van der Waals surface area contributed by atoms with E-state index in [0.29, 0.717) is 5.82 Å². The van der Waals surface area contributed by atoms with E-state index in [1.807, 2.05) is 0 Å². The van der Waals surface area contributed by atoms with Crippen LogP contribution in [0.2, 0.25) is 5.82 Å². The Balaban J connectivity index is 1.74. The molecule has 2 saturated carbocycles. The van der Waals surface area contributed by atoms with Crippen molar-refractivity contribution in [2.75, 3.05) is 0 Å². The highest BCUT2D eigenvalue weighted by Crippen LogP contribution is 2.55. The molecule has 1 aliphatic heterocycles. The molecule has 0 radical (unpaired) electrons. The molecule has 0 aromatic carbocycles. The number of fused-ring (bicyclic) bond motifs is 2. The quantitative estimate of drug-likeness (QED) is 0.634. The Morgan fingerprint density at radius 1 is 0.938 bits per heavy atom. The lowest BCUT2D eigenvalue weighted by molar-refractivity contribution is 0.00578. The van der Waals surface area contributed by atoms with E-state index in [-0.39, 0.29) is 18.3 Å². The molecule has 1 saturated heterocycles. The average molecular weight is 222 g/mol. The van der Waals surface area contributed by atoms with Crippen molar-refractivity contribution >= 4 is 7.12 Å². The van der Waals surface area contributed by atoms with Gasteiger partial charge in [-0.25, -0.2) is 0 Å². The predicted molar refractivity (Wildman–Crippen MR) is 65.3 cm³/mol. The smallest absolute Gasteiger partial charge is 0.403 e. The number of rotatable bonds is 1. The Morgan fingerprint density at radius 3 is 2.00 bits per heavy atom. The highest BCUT2D eigenvalue weighted by Gasteiger charge is 2.57. The van der Waals surface area contributed by atoms with Gasteiger partial charge in [-0.05, 0) is 58.2 Å². The fraction of sp³-hybridized carbons (Fsp3) is 1.00. The second kappa shape index (κ2) is 3.26. The Bertz CT molecular complexity index is 284. The minimum absolute atomic E-state index is 0.0558. The summed E-state index contributed by atoms with van der Waals surface area (Å²) in [5.41, 5.74) is -0.307. The van der Waals surface area contributed by atoms with Crippen LogP contribution in [-0.4, -0.2) is 18.3 Å². The highest BCUT2D eigenvalue weighted by atomic mass is 16.7. The molecule has 3 aliphatic rings. The molecule has 0 aromatic heterocycles. The van der Waals surface area contributed by atoms with Crippen LogP contribution in [0.1, 0.15) is 53.4 Å². The molecule has 90 valence electrons. The van der Waals surface area contributed by atoms with Gasteiger partial charge in [0.2, 0.25) is 0 Å². The maximum Gasteiger partial charge on any atom is 0.461 e. The fourth-order valence-corrected chi connectivity index (χ4v) is 3.69. The molecule has 0 N–H and O–H groups in total. The standard InChI is InChI=1S/C13H23BO2/c1-12(2)13(3,4)16-14(15-12)11-8-9-5-6-10(11)7-9/h9-11H,5-8H2,1-4H3/t9-,10+,11?/m1/s1. The summed E-state index contributed by atoms with van der Waals surface area (Å²) in [5.74, 6) is 2.51. The largest absolute Gasteiger partial charge is 0.461 e. The van der Waals surface area contributed by atoms with Gasteiger partial charge < -0.3 is 9.31 Å². The third-order valence-electron chi connectivity index (χ3n) is 5.41. The summed E-state index contributed by atoms with van der Waals surface area (Å²) >= 11 is 0. The van der Waals surface area contributed by atoms with Crippen molar-refractivity contribution in [1.29, 1.82) is 0 Å². The van der Waals surface area contributed by atoms with Crippen molar-refractivity contribution in [3.8, 4) is 0 Å². The van der Waals surface area contributed by atoms with Gasteiger partial charge in [-0.3, -0.25) is 0 Å². The van der Waals surface area contributed by atoms with Crippen LogP contribution in [-0.2, 0) is 9.31 Å². The van der Waals surface area contributed by atoms with E-state index in [2.05, 4.69) is 27.7 Å². The Hall–Kier alpha value is -0.0151. The van der Waals surface area contributed by atoms with Crippen LogP contribution < -0.4 is 0 Å². The van der Waals surface area contributed by atoms with Crippen LogP contribution in [0.5, 0.6) is 0 Å². The monoisotopic (exact) mass is 222 g/mol. The van der Waals surface area contributed by atoms with Crippen LogP contribution in [0.4, 0.5) is 0 Å². The van der Waals surface area contributed by atoms with E-state index in [1.165, 1.54) is 25.7 Å². The van der Waals surface area contributed by atoms with Crippen molar-refractivity contribution in [3.63, 3.8) is 0 Å². The molecule has 16 heavy (non-hydrogen) atoms. The molecule has 0 amide bonds. The predicted octanol–water partition coefficient (Wildman–Crippen LogP) is 3.27. The highest BCUT2D eigenvalue weighted by molar-refractivity contribution is 6.47. The first-order valence-corrected chi connectivity index (χ1v) is 6.75. The van der Waals surface area contributed by atoms with Gasteiger partial charge in [-0.1, -0.05) is 12.8 Å². The van der Waals surface area contributed by atoms with Crippen LogP contribution in [0, 0.1) is 11.8 Å². The molecule has 2 aliphatic carbocycles. The van der Waals surface area contributed by atoms with Crippen LogP contribution in [0.25, 0.3) is 0 Å². The van der Waals surface area contributed by atoms with E-state index in [1.54, 1.807) is 0 Å². The SMILES string of the molecule is CC1(C)OB(C2C[C@@H]3CC[C@H]2C3)OC1(C)C. The zero-order valence-electron chi connectivity index (χ0n) is 11.0. The lowest BCUT2D eigenvalue weighted by atomic mass is 9.64. The summed E-state index contributed by atoms with van der Waals surface area (Å²) in [4.78, 5) is 0. The molecule has 3 heteroatoms. The van der Waals surface area contributed by atoms with Gasteiger partial charge in [0, 0.05) is 0 Å². The Kier molecular flexibility index (Phi) is 2.26. The molecule has 2 bridgehead atoms. The topological polar surface area (TPSA) is 18.5 Å². The summed E-state index contributed by atoms with van der Waals surface area (Å²) < 4.78 is 12.4. The summed E-state index contributed by atoms with van der Waals surface area (Å²) in [6, 6.07) is 0. The summed E-state index contributed by atoms with van der Waals surface area (Å²) in [6.45, 7) is 8.61. The van der Waals surface area contributed by atoms with E-state index >= 15 is 0 Å². The van der Waals surface area contributed by atoms with Crippen molar-refractivity contribution in [2.24, 2.45) is 11.8 Å². The molecule has 3 atom stereocenters. The van der Waals surface area contributed by atoms with Gasteiger partial charge >= 0.3 is 7.12 Å². The van der Waals surface area contributed by atoms with E-state index < -0.39 is 0 Å². The number of hydrogen-bond acceptors (Lipinski definition) is 2. The van der Waals surface area contributed by atoms with E-state index in [0.717, 1.165) is 11.8 Å². The first kappa shape index (κ1) is 11.1. The number of hydrogen-bond donors (Lipinski definition) is 0. The van der Waals surface area contributed by atoms with Crippen molar-refractivity contribution in [1.82, 2.24) is 0 Å².